The molecule has 4 heteroatoms. The summed E-state index contributed by atoms with van der Waals surface area (Å²) in [4.78, 5) is 25.7. The van der Waals surface area contributed by atoms with E-state index in [2.05, 4.69) is 5.32 Å². The fourth-order valence-electron chi connectivity index (χ4n) is 2.45. The van der Waals surface area contributed by atoms with Crippen molar-refractivity contribution < 1.29 is 9.59 Å². The molecular formula is C13H22N2O2. The number of likely N-dealkylation sites (tertiary alicyclic amines) is 1. The summed E-state index contributed by atoms with van der Waals surface area (Å²) in [7, 11) is 0. The van der Waals surface area contributed by atoms with E-state index in [9.17, 15) is 9.59 Å². The number of nitrogens with one attached hydrogen (secondary N) is 1. The van der Waals surface area contributed by atoms with Gasteiger partial charge in [0.25, 0.3) is 0 Å². The van der Waals surface area contributed by atoms with Crippen molar-refractivity contribution in [1.82, 2.24) is 10.2 Å². The highest BCUT2D eigenvalue weighted by atomic mass is 16.2. The monoisotopic (exact) mass is 238 g/mol. The molecule has 0 aromatic rings. The van der Waals surface area contributed by atoms with Gasteiger partial charge in [-0.2, -0.15) is 0 Å². The molecule has 0 spiro atoms. The summed E-state index contributed by atoms with van der Waals surface area (Å²) in [6.07, 6.45) is 6.51. The van der Waals surface area contributed by atoms with Crippen molar-refractivity contribution in [2.45, 2.75) is 51.5 Å². The molecule has 2 amide bonds. The molecular weight excluding hydrogens is 216 g/mol. The SMILES string of the molecule is CC(NC(=O)C1CCC1)C(=O)N1CCCCC1. The van der Waals surface area contributed by atoms with Crippen LogP contribution in [0.3, 0.4) is 0 Å². The minimum atomic E-state index is -0.360. The molecule has 17 heavy (non-hydrogen) atoms. The lowest BCUT2D eigenvalue weighted by Crippen LogP contribution is -2.50. The van der Waals surface area contributed by atoms with Gasteiger partial charge in [0.2, 0.25) is 11.8 Å². The summed E-state index contributed by atoms with van der Waals surface area (Å²) in [5.41, 5.74) is 0. The van der Waals surface area contributed by atoms with Gasteiger partial charge in [-0.25, -0.2) is 0 Å². The summed E-state index contributed by atoms with van der Waals surface area (Å²) in [6, 6.07) is -0.360. The number of rotatable bonds is 3. The van der Waals surface area contributed by atoms with E-state index in [0.717, 1.165) is 45.2 Å². The van der Waals surface area contributed by atoms with Gasteiger partial charge in [-0.15, -0.1) is 0 Å². The summed E-state index contributed by atoms with van der Waals surface area (Å²) in [5.74, 6) is 0.304. The van der Waals surface area contributed by atoms with E-state index in [1.54, 1.807) is 6.92 Å². The quantitative estimate of drug-likeness (QED) is 0.805. The Balaban J connectivity index is 1.79. The lowest BCUT2D eigenvalue weighted by molar-refractivity contribution is -0.138. The Morgan fingerprint density at radius 3 is 2.29 bits per heavy atom. The molecule has 1 saturated heterocycles. The number of hydrogen-bond acceptors (Lipinski definition) is 2. The van der Waals surface area contributed by atoms with Gasteiger partial charge in [0.15, 0.2) is 0 Å². The van der Waals surface area contributed by atoms with Gasteiger partial charge in [-0.1, -0.05) is 6.42 Å². The minimum absolute atomic E-state index is 0.0640. The second-order valence-corrected chi connectivity index (χ2v) is 5.24. The summed E-state index contributed by atoms with van der Waals surface area (Å²) >= 11 is 0. The molecule has 1 unspecified atom stereocenters. The van der Waals surface area contributed by atoms with Crippen molar-refractivity contribution in [1.29, 1.82) is 0 Å². The standard InChI is InChI=1S/C13H22N2O2/c1-10(14-12(16)11-6-5-7-11)13(17)15-8-3-2-4-9-15/h10-11H,2-9H2,1H3,(H,14,16). The first-order chi connectivity index (χ1) is 8.18. The van der Waals surface area contributed by atoms with Crippen LogP contribution in [0, 0.1) is 5.92 Å². The van der Waals surface area contributed by atoms with E-state index in [1.807, 2.05) is 4.90 Å². The molecule has 2 rings (SSSR count). The maximum absolute atomic E-state index is 12.1. The minimum Gasteiger partial charge on any atom is -0.344 e. The fourth-order valence-corrected chi connectivity index (χ4v) is 2.45. The molecule has 1 heterocycles. The molecule has 1 aliphatic carbocycles. The number of carbonyl (C=O) groups is 2. The van der Waals surface area contributed by atoms with Crippen LogP contribution in [0.1, 0.15) is 45.4 Å². The normalized spacial score (nSPS) is 22.8. The molecule has 1 saturated carbocycles. The topological polar surface area (TPSA) is 49.4 Å². The van der Waals surface area contributed by atoms with Crippen LogP contribution in [-0.2, 0) is 9.59 Å². The Hall–Kier alpha value is -1.06. The summed E-state index contributed by atoms with van der Waals surface area (Å²) in [5, 5.41) is 2.85. The smallest absolute Gasteiger partial charge is 0.244 e. The Morgan fingerprint density at radius 2 is 1.76 bits per heavy atom. The first-order valence-electron chi connectivity index (χ1n) is 6.77. The van der Waals surface area contributed by atoms with Crippen LogP contribution in [0.5, 0.6) is 0 Å². The molecule has 0 aromatic carbocycles. The van der Waals surface area contributed by atoms with Gasteiger partial charge in [0.05, 0.1) is 0 Å². The van der Waals surface area contributed by atoms with Crippen molar-refractivity contribution in [3.8, 4) is 0 Å². The molecule has 0 radical (unpaired) electrons. The Bertz CT molecular complexity index is 294. The van der Waals surface area contributed by atoms with Gasteiger partial charge in [-0.05, 0) is 39.0 Å². The Morgan fingerprint density at radius 1 is 1.12 bits per heavy atom. The van der Waals surface area contributed by atoms with Crippen LogP contribution >= 0.6 is 0 Å². The number of piperidine rings is 1. The predicted molar refractivity (Wildman–Crippen MR) is 65.4 cm³/mol. The van der Waals surface area contributed by atoms with Crippen LogP contribution in [0.2, 0.25) is 0 Å². The lowest BCUT2D eigenvalue weighted by atomic mass is 9.84. The third kappa shape index (κ3) is 2.99. The highest BCUT2D eigenvalue weighted by molar-refractivity contribution is 5.88. The van der Waals surface area contributed by atoms with Crippen LogP contribution in [-0.4, -0.2) is 35.8 Å². The van der Waals surface area contributed by atoms with Crippen molar-refractivity contribution in [3.63, 3.8) is 0 Å². The van der Waals surface area contributed by atoms with Gasteiger partial charge in [0.1, 0.15) is 6.04 Å². The highest BCUT2D eigenvalue weighted by Gasteiger charge is 2.29. The Kier molecular flexibility index (Phi) is 4.02. The van der Waals surface area contributed by atoms with Gasteiger partial charge >= 0.3 is 0 Å². The third-order valence-electron chi connectivity index (χ3n) is 3.87. The van der Waals surface area contributed by atoms with Crippen molar-refractivity contribution in [3.05, 3.63) is 0 Å². The predicted octanol–water partition coefficient (Wildman–Crippen LogP) is 1.30. The maximum Gasteiger partial charge on any atom is 0.244 e. The lowest BCUT2D eigenvalue weighted by Gasteiger charge is -2.31. The molecule has 0 bridgehead atoms. The fraction of sp³-hybridized carbons (Fsp3) is 0.846. The maximum atomic E-state index is 12.1. The average Bonchev–Trinajstić information content (AvgIpc) is 2.26. The second kappa shape index (κ2) is 5.52. The van der Waals surface area contributed by atoms with E-state index in [0.29, 0.717) is 0 Å². The zero-order valence-electron chi connectivity index (χ0n) is 10.6. The van der Waals surface area contributed by atoms with Crippen LogP contribution in [0.4, 0.5) is 0 Å². The number of hydrogen-bond donors (Lipinski definition) is 1. The molecule has 0 aromatic heterocycles. The number of nitrogens with zero attached hydrogens (tertiary/aromatic N) is 1. The zero-order valence-corrected chi connectivity index (χ0v) is 10.6. The van der Waals surface area contributed by atoms with Crippen molar-refractivity contribution in [2.24, 2.45) is 5.92 Å². The molecule has 1 atom stereocenters. The number of amides is 2. The van der Waals surface area contributed by atoms with E-state index in [1.165, 1.54) is 6.42 Å². The summed E-state index contributed by atoms with van der Waals surface area (Å²) < 4.78 is 0. The van der Waals surface area contributed by atoms with Gasteiger partial charge in [-0.3, -0.25) is 9.59 Å². The molecule has 2 fully saturated rings. The molecule has 1 aliphatic heterocycles. The van der Waals surface area contributed by atoms with Crippen LogP contribution < -0.4 is 5.32 Å². The van der Waals surface area contributed by atoms with Crippen molar-refractivity contribution in [2.75, 3.05) is 13.1 Å². The highest BCUT2D eigenvalue weighted by Crippen LogP contribution is 2.26. The van der Waals surface area contributed by atoms with E-state index in [-0.39, 0.29) is 23.8 Å². The molecule has 2 aliphatic rings. The largest absolute Gasteiger partial charge is 0.344 e. The number of carbonyl (C=O) groups excluding carboxylic acids is 2. The third-order valence-corrected chi connectivity index (χ3v) is 3.87. The van der Waals surface area contributed by atoms with Gasteiger partial charge < -0.3 is 10.2 Å². The second-order valence-electron chi connectivity index (χ2n) is 5.24. The van der Waals surface area contributed by atoms with E-state index >= 15 is 0 Å². The van der Waals surface area contributed by atoms with Crippen molar-refractivity contribution >= 4 is 11.8 Å². The van der Waals surface area contributed by atoms with E-state index in [4.69, 9.17) is 0 Å². The van der Waals surface area contributed by atoms with Gasteiger partial charge in [0, 0.05) is 19.0 Å². The van der Waals surface area contributed by atoms with Crippen LogP contribution in [0.15, 0.2) is 0 Å². The summed E-state index contributed by atoms with van der Waals surface area (Å²) in [6.45, 7) is 3.50. The first-order valence-corrected chi connectivity index (χ1v) is 6.77. The molecule has 1 N–H and O–H groups in total. The zero-order chi connectivity index (χ0) is 12.3. The molecule has 96 valence electrons. The first kappa shape index (κ1) is 12.4. The average molecular weight is 238 g/mol. The van der Waals surface area contributed by atoms with E-state index < -0.39 is 0 Å². The Labute approximate surface area is 103 Å². The molecule has 4 nitrogen and oxygen atoms in total. The van der Waals surface area contributed by atoms with Crippen LogP contribution in [0.25, 0.3) is 0 Å².